The lowest BCUT2D eigenvalue weighted by molar-refractivity contribution is 0.175. The zero-order valence-corrected chi connectivity index (χ0v) is 12.2. The fraction of sp³-hybridized carbons (Fsp3) is 0.750. The zero-order valence-electron chi connectivity index (χ0n) is 10.6. The predicted octanol–water partition coefficient (Wildman–Crippen LogP) is 2.30. The van der Waals surface area contributed by atoms with Crippen LogP contribution in [0.2, 0.25) is 0 Å². The number of piperidine rings is 1. The molecule has 1 aromatic rings. The molecule has 0 bridgehead atoms. The van der Waals surface area contributed by atoms with Crippen LogP contribution >= 0.6 is 23.7 Å². The lowest BCUT2D eigenvalue weighted by Crippen LogP contribution is -2.36. The van der Waals surface area contributed by atoms with Gasteiger partial charge in [0.25, 0.3) is 0 Å². The number of aromatic nitrogens is 1. The molecule has 5 heteroatoms. The van der Waals surface area contributed by atoms with Crippen molar-refractivity contribution in [3.05, 3.63) is 16.1 Å². The van der Waals surface area contributed by atoms with E-state index in [9.17, 15) is 0 Å². The van der Waals surface area contributed by atoms with E-state index in [0.717, 1.165) is 12.5 Å². The summed E-state index contributed by atoms with van der Waals surface area (Å²) in [7, 11) is 2.05. The number of rotatable bonds is 4. The molecule has 0 radical (unpaired) electrons. The second-order valence-electron chi connectivity index (χ2n) is 4.64. The molecule has 17 heavy (non-hydrogen) atoms. The molecule has 0 aromatic carbocycles. The number of likely N-dealkylation sites (tertiary alicyclic amines) is 1. The number of aryl methyl sites for hydroxylation is 1. The molecular weight excluding hydrogens is 254 g/mol. The molecule has 0 atom stereocenters. The molecule has 1 aliphatic heterocycles. The van der Waals surface area contributed by atoms with Crippen molar-refractivity contribution < 1.29 is 0 Å². The summed E-state index contributed by atoms with van der Waals surface area (Å²) in [6, 6.07) is 0. The molecular formula is C12H22ClN3S. The Morgan fingerprint density at radius 3 is 2.71 bits per heavy atom. The first-order valence-corrected chi connectivity index (χ1v) is 6.94. The van der Waals surface area contributed by atoms with Crippen LogP contribution in [0.5, 0.6) is 0 Å². The molecule has 0 aliphatic carbocycles. The highest BCUT2D eigenvalue weighted by atomic mass is 35.5. The summed E-state index contributed by atoms with van der Waals surface area (Å²) in [5.74, 6) is 0.874. The highest BCUT2D eigenvalue weighted by Crippen LogP contribution is 2.19. The van der Waals surface area contributed by atoms with Crippen LogP contribution in [0, 0.1) is 12.8 Å². The Morgan fingerprint density at radius 2 is 2.18 bits per heavy atom. The minimum Gasteiger partial charge on any atom is -0.319 e. The summed E-state index contributed by atoms with van der Waals surface area (Å²) in [4.78, 5) is 7.05. The van der Waals surface area contributed by atoms with Crippen LogP contribution in [0.1, 0.15) is 23.5 Å². The van der Waals surface area contributed by atoms with Crippen molar-refractivity contribution in [1.82, 2.24) is 15.2 Å². The van der Waals surface area contributed by atoms with Gasteiger partial charge in [0, 0.05) is 11.9 Å². The quantitative estimate of drug-likeness (QED) is 0.914. The topological polar surface area (TPSA) is 28.2 Å². The maximum Gasteiger partial charge on any atom is 0.0897 e. The van der Waals surface area contributed by atoms with Crippen LogP contribution < -0.4 is 5.32 Å². The normalized spacial score (nSPS) is 18.0. The summed E-state index contributed by atoms with van der Waals surface area (Å²) in [6.07, 6.45) is 2.65. The van der Waals surface area contributed by atoms with E-state index in [1.54, 1.807) is 11.3 Å². The van der Waals surface area contributed by atoms with Gasteiger partial charge in [-0.15, -0.1) is 23.7 Å². The van der Waals surface area contributed by atoms with E-state index in [1.165, 1.54) is 43.2 Å². The second-order valence-corrected chi connectivity index (χ2v) is 5.70. The number of thiazole rings is 1. The highest BCUT2D eigenvalue weighted by Gasteiger charge is 2.18. The Labute approximate surface area is 114 Å². The lowest BCUT2D eigenvalue weighted by Gasteiger charge is -2.31. The number of hydrogen-bond acceptors (Lipinski definition) is 4. The molecule has 1 fully saturated rings. The Balaban J connectivity index is 0.00000144. The maximum atomic E-state index is 4.52. The van der Waals surface area contributed by atoms with Crippen LogP contribution in [0.3, 0.4) is 0 Å². The predicted molar refractivity (Wildman–Crippen MR) is 76.0 cm³/mol. The number of hydrogen-bond donors (Lipinski definition) is 1. The third kappa shape index (κ3) is 4.54. The maximum absolute atomic E-state index is 4.52. The van der Waals surface area contributed by atoms with Crippen molar-refractivity contribution in [2.45, 2.75) is 26.3 Å². The fourth-order valence-corrected chi connectivity index (χ4v) is 2.95. The number of nitrogens with one attached hydrogen (secondary N) is 1. The van der Waals surface area contributed by atoms with Gasteiger partial charge in [-0.25, -0.2) is 4.98 Å². The van der Waals surface area contributed by atoms with Gasteiger partial charge in [-0.2, -0.15) is 0 Å². The van der Waals surface area contributed by atoms with E-state index in [-0.39, 0.29) is 12.4 Å². The van der Waals surface area contributed by atoms with Gasteiger partial charge in [0.05, 0.1) is 10.7 Å². The third-order valence-corrected chi connectivity index (χ3v) is 4.07. The first-order valence-electron chi connectivity index (χ1n) is 6.06. The van der Waals surface area contributed by atoms with E-state index < -0.39 is 0 Å². The summed E-state index contributed by atoms with van der Waals surface area (Å²) >= 11 is 1.75. The van der Waals surface area contributed by atoms with Crippen molar-refractivity contribution in [2.24, 2.45) is 5.92 Å². The Hall–Kier alpha value is -0.160. The SMILES string of the molecule is CNCC1CCN(Cc2csc(C)n2)CC1.Cl. The first kappa shape index (κ1) is 14.9. The molecule has 0 spiro atoms. The molecule has 0 amide bonds. The monoisotopic (exact) mass is 275 g/mol. The summed E-state index contributed by atoms with van der Waals surface area (Å²) < 4.78 is 0. The average molecular weight is 276 g/mol. The summed E-state index contributed by atoms with van der Waals surface area (Å²) in [5, 5.41) is 6.65. The number of halogens is 1. The molecule has 0 saturated carbocycles. The van der Waals surface area contributed by atoms with Crippen molar-refractivity contribution in [3.8, 4) is 0 Å². The van der Waals surface area contributed by atoms with Gasteiger partial charge in [-0.05, 0) is 52.4 Å². The van der Waals surface area contributed by atoms with Gasteiger partial charge < -0.3 is 5.32 Å². The molecule has 3 nitrogen and oxygen atoms in total. The highest BCUT2D eigenvalue weighted by molar-refractivity contribution is 7.09. The minimum absolute atomic E-state index is 0. The van der Waals surface area contributed by atoms with Crippen LogP contribution in [-0.2, 0) is 6.54 Å². The van der Waals surface area contributed by atoms with Gasteiger partial charge >= 0.3 is 0 Å². The third-order valence-electron chi connectivity index (χ3n) is 3.25. The molecule has 2 rings (SSSR count). The molecule has 98 valence electrons. The van der Waals surface area contributed by atoms with Gasteiger partial charge in [0.2, 0.25) is 0 Å². The van der Waals surface area contributed by atoms with E-state index in [1.807, 2.05) is 7.05 Å². The Kier molecular flexibility index (Phi) is 6.41. The molecule has 1 aliphatic rings. The van der Waals surface area contributed by atoms with Crippen LogP contribution in [0.25, 0.3) is 0 Å². The Morgan fingerprint density at radius 1 is 1.47 bits per heavy atom. The van der Waals surface area contributed by atoms with Gasteiger partial charge in [0.1, 0.15) is 0 Å². The summed E-state index contributed by atoms with van der Waals surface area (Å²) in [6.45, 7) is 6.74. The van der Waals surface area contributed by atoms with Gasteiger partial charge in [-0.1, -0.05) is 0 Å². The van der Waals surface area contributed by atoms with Crippen molar-refractivity contribution in [3.63, 3.8) is 0 Å². The molecule has 2 heterocycles. The lowest BCUT2D eigenvalue weighted by atomic mass is 9.97. The van der Waals surface area contributed by atoms with Crippen LogP contribution in [0.15, 0.2) is 5.38 Å². The molecule has 1 aromatic heterocycles. The van der Waals surface area contributed by atoms with Crippen molar-refractivity contribution in [1.29, 1.82) is 0 Å². The van der Waals surface area contributed by atoms with Crippen molar-refractivity contribution >= 4 is 23.7 Å². The Bertz CT molecular complexity index is 321. The first-order chi connectivity index (χ1) is 7.78. The van der Waals surface area contributed by atoms with E-state index in [2.05, 4.69) is 27.5 Å². The largest absolute Gasteiger partial charge is 0.319 e. The van der Waals surface area contributed by atoms with Gasteiger partial charge in [0.15, 0.2) is 0 Å². The van der Waals surface area contributed by atoms with Crippen LogP contribution in [-0.4, -0.2) is 36.6 Å². The van der Waals surface area contributed by atoms with Gasteiger partial charge in [-0.3, -0.25) is 4.90 Å². The molecule has 0 unspecified atom stereocenters. The summed E-state index contributed by atoms with van der Waals surface area (Å²) in [5.41, 5.74) is 1.24. The molecule has 1 N–H and O–H groups in total. The van der Waals surface area contributed by atoms with E-state index >= 15 is 0 Å². The average Bonchev–Trinajstić information content (AvgIpc) is 2.67. The zero-order chi connectivity index (χ0) is 11.4. The van der Waals surface area contributed by atoms with Crippen LogP contribution in [0.4, 0.5) is 0 Å². The standard InChI is InChI=1S/C12H21N3S.ClH/c1-10-14-12(9-16-10)8-15-5-3-11(4-6-15)7-13-2;/h9,11,13H,3-8H2,1-2H3;1H. The van der Waals surface area contributed by atoms with Crippen molar-refractivity contribution in [2.75, 3.05) is 26.7 Å². The minimum atomic E-state index is 0. The van der Waals surface area contributed by atoms with E-state index in [0.29, 0.717) is 0 Å². The molecule has 1 saturated heterocycles. The van der Waals surface area contributed by atoms with E-state index in [4.69, 9.17) is 0 Å². The fourth-order valence-electron chi connectivity index (χ4n) is 2.35. The smallest absolute Gasteiger partial charge is 0.0897 e. The second kappa shape index (κ2) is 7.31. The number of nitrogens with zero attached hydrogens (tertiary/aromatic N) is 2.